The molecule has 0 aliphatic carbocycles. The Morgan fingerprint density at radius 3 is 2.50 bits per heavy atom. The lowest BCUT2D eigenvalue weighted by molar-refractivity contribution is -0.142. The van der Waals surface area contributed by atoms with Crippen LogP contribution in [0.4, 0.5) is 10.2 Å². The molecule has 3 rings (SSSR count). The van der Waals surface area contributed by atoms with Crippen LogP contribution in [0, 0.1) is 12.7 Å². The third-order valence-electron chi connectivity index (χ3n) is 4.99. The molecular weight excluding hydrogens is 441 g/mol. The minimum Gasteiger partial charge on any atom is -0.507 e. The zero-order valence-corrected chi connectivity index (χ0v) is 18.7. The van der Waals surface area contributed by atoms with Crippen LogP contribution >= 0.6 is 0 Å². The van der Waals surface area contributed by atoms with E-state index in [4.69, 9.17) is 10.5 Å². The van der Waals surface area contributed by atoms with Crippen molar-refractivity contribution in [3.63, 3.8) is 0 Å². The van der Waals surface area contributed by atoms with Crippen molar-refractivity contribution in [3.8, 4) is 17.0 Å². The molecule has 176 valence electrons. The number of esters is 1. The van der Waals surface area contributed by atoms with E-state index in [0.717, 1.165) is 0 Å². The van der Waals surface area contributed by atoms with Gasteiger partial charge < -0.3 is 20.9 Å². The number of amides is 1. The molecule has 9 heteroatoms. The molecule has 8 nitrogen and oxygen atoms in total. The van der Waals surface area contributed by atoms with Gasteiger partial charge in [-0.05, 0) is 61.9 Å². The summed E-state index contributed by atoms with van der Waals surface area (Å²) in [4.78, 5) is 40.7. The Morgan fingerprint density at radius 2 is 1.82 bits per heavy atom. The Labute approximate surface area is 195 Å². The van der Waals surface area contributed by atoms with Crippen LogP contribution in [-0.2, 0) is 9.53 Å². The number of carbonyl (C=O) groups excluding carboxylic acids is 3. The topological polar surface area (TPSA) is 132 Å². The standard InChI is InChI=1S/C25H24FN3O5/c1-3-34-22(31)10-11-28-25(33)17-7-8-20(29-24(17)27)18-13-15(5-9-21(18)30)23(32)16-6-4-14(2)12-19(16)26/h4-9,12-13,30H,3,10-11H2,1-2H3,(H2,27,29)(H,28,33). The maximum absolute atomic E-state index is 14.3. The fraction of sp³-hybridized carbons (Fsp3) is 0.200. The van der Waals surface area contributed by atoms with Crippen molar-refractivity contribution >= 4 is 23.5 Å². The third-order valence-corrected chi connectivity index (χ3v) is 4.99. The number of nitrogens with two attached hydrogens (primary N) is 1. The Bertz CT molecular complexity index is 1260. The van der Waals surface area contributed by atoms with Gasteiger partial charge in [0.15, 0.2) is 5.78 Å². The number of aromatic hydroxyl groups is 1. The first-order valence-electron chi connectivity index (χ1n) is 10.6. The summed E-state index contributed by atoms with van der Waals surface area (Å²) in [6, 6.07) is 11.3. The molecular formula is C25H24FN3O5. The fourth-order valence-electron chi connectivity index (χ4n) is 3.27. The van der Waals surface area contributed by atoms with E-state index in [1.54, 1.807) is 19.9 Å². The van der Waals surface area contributed by atoms with Gasteiger partial charge >= 0.3 is 5.97 Å². The average Bonchev–Trinajstić information content (AvgIpc) is 2.79. The number of ether oxygens (including phenoxy) is 1. The molecule has 0 saturated carbocycles. The van der Waals surface area contributed by atoms with Gasteiger partial charge in [-0.2, -0.15) is 0 Å². The number of hydrogen-bond acceptors (Lipinski definition) is 7. The van der Waals surface area contributed by atoms with Crippen molar-refractivity contribution in [1.82, 2.24) is 10.3 Å². The zero-order chi connectivity index (χ0) is 24.8. The molecule has 0 unspecified atom stereocenters. The summed E-state index contributed by atoms with van der Waals surface area (Å²) in [5.74, 6) is -2.42. The number of nitrogen functional groups attached to an aromatic ring is 1. The van der Waals surface area contributed by atoms with Gasteiger partial charge in [-0.1, -0.05) is 6.07 Å². The van der Waals surface area contributed by atoms with Crippen LogP contribution in [0.5, 0.6) is 5.75 Å². The highest BCUT2D eigenvalue weighted by Crippen LogP contribution is 2.31. The zero-order valence-electron chi connectivity index (χ0n) is 18.7. The van der Waals surface area contributed by atoms with Crippen LogP contribution < -0.4 is 11.1 Å². The van der Waals surface area contributed by atoms with Crippen LogP contribution in [0.25, 0.3) is 11.3 Å². The maximum Gasteiger partial charge on any atom is 0.307 e. The molecule has 0 radical (unpaired) electrons. The van der Waals surface area contributed by atoms with Gasteiger partial charge in [0.1, 0.15) is 17.4 Å². The number of ketones is 1. The van der Waals surface area contributed by atoms with E-state index in [2.05, 4.69) is 10.3 Å². The SMILES string of the molecule is CCOC(=O)CCNC(=O)c1ccc(-c2cc(C(=O)c3ccc(C)cc3F)ccc2O)nc1N. The average molecular weight is 465 g/mol. The minimum atomic E-state index is -0.639. The lowest BCUT2D eigenvalue weighted by atomic mass is 9.98. The van der Waals surface area contributed by atoms with Gasteiger partial charge in [-0.3, -0.25) is 14.4 Å². The highest BCUT2D eigenvalue weighted by atomic mass is 19.1. The van der Waals surface area contributed by atoms with Gasteiger partial charge in [0, 0.05) is 17.7 Å². The number of nitrogens with one attached hydrogen (secondary N) is 1. The van der Waals surface area contributed by atoms with Crippen molar-refractivity contribution in [2.75, 3.05) is 18.9 Å². The number of pyridine rings is 1. The number of nitrogens with zero attached hydrogens (tertiary/aromatic N) is 1. The fourth-order valence-corrected chi connectivity index (χ4v) is 3.27. The van der Waals surface area contributed by atoms with Crippen LogP contribution in [0.1, 0.15) is 45.2 Å². The van der Waals surface area contributed by atoms with Crippen LogP contribution in [0.3, 0.4) is 0 Å². The van der Waals surface area contributed by atoms with Crippen LogP contribution in [0.2, 0.25) is 0 Å². The number of aryl methyl sites for hydroxylation is 1. The Hall–Kier alpha value is -4.27. The molecule has 1 amide bonds. The van der Waals surface area contributed by atoms with Gasteiger partial charge in [0.2, 0.25) is 0 Å². The smallest absolute Gasteiger partial charge is 0.307 e. The summed E-state index contributed by atoms with van der Waals surface area (Å²) in [6.45, 7) is 3.73. The molecule has 1 heterocycles. The van der Waals surface area contributed by atoms with E-state index in [9.17, 15) is 23.9 Å². The largest absolute Gasteiger partial charge is 0.507 e. The summed E-state index contributed by atoms with van der Waals surface area (Å²) in [6.07, 6.45) is 0.0151. The Morgan fingerprint density at radius 1 is 1.09 bits per heavy atom. The number of phenolic OH excluding ortho intramolecular Hbond substituents is 1. The molecule has 0 fully saturated rings. The molecule has 34 heavy (non-hydrogen) atoms. The van der Waals surface area contributed by atoms with Crippen molar-refractivity contribution in [2.24, 2.45) is 0 Å². The van der Waals surface area contributed by atoms with Crippen LogP contribution in [0.15, 0.2) is 48.5 Å². The monoisotopic (exact) mass is 465 g/mol. The molecule has 4 N–H and O–H groups in total. The first-order chi connectivity index (χ1) is 16.2. The normalized spacial score (nSPS) is 10.6. The first-order valence-corrected chi connectivity index (χ1v) is 10.6. The molecule has 0 atom stereocenters. The van der Waals surface area contributed by atoms with Gasteiger partial charge in [0.25, 0.3) is 5.91 Å². The van der Waals surface area contributed by atoms with Gasteiger partial charge in [-0.25, -0.2) is 9.37 Å². The number of benzene rings is 2. The van der Waals surface area contributed by atoms with Crippen molar-refractivity contribution in [1.29, 1.82) is 0 Å². The van der Waals surface area contributed by atoms with E-state index in [1.165, 1.54) is 42.5 Å². The highest BCUT2D eigenvalue weighted by molar-refractivity contribution is 6.10. The summed E-state index contributed by atoms with van der Waals surface area (Å²) in [7, 11) is 0. The predicted octanol–water partition coefficient (Wildman–Crippen LogP) is 3.40. The molecule has 1 aromatic heterocycles. The third kappa shape index (κ3) is 5.55. The van der Waals surface area contributed by atoms with Crippen molar-refractivity contribution in [3.05, 3.63) is 76.6 Å². The number of halogens is 1. The van der Waals surface area contributed by atoms with E-state index in [0.29, 0.717) is 5.56 Å². The lowest BCUT2D eigenvalue weighted by Crippen LogP contribution is -2.27. The number of carbonyl (C=O) groups is 3. The highest BCUT2D eigenvalue weighted by Gasteiger charge is 2.18. The number of hydrogen-bond donors (Lipinski definition) is 3. The van der Waals surface area contributed by atoms with Crippen molar-refractivity contribution < 1.29 is 28.6 Å². The second-order valence-electron chi connectivity index (χ2n) is 7.48. The van der Waals surface area contributed by atoms with Crippen molar-refractivity contribution in [2.45, 2.75) is 20.3 Å². The van der Waals surface area contributed by atoms with Crippen LogP contribution in [-0.4, -0.2) is 40.9 Å². The predicted molar refractivity (Wildman–Crippen MR) is 124 cm³/mol. The quantitative estimate of drug-likeness (QED) is 0.343. The minimum absolute atomic E-state index is 0.0151. The van der Waals surface area contributed by atoms with Gasteiger partial charge in [-0.15, -0.1) is 0 Å². The Kier molecular flexibility index (Phi) is 7.57. The molecule has 2 aromatic carbocycles. The number of phenols is 1. The van der Waals surface area contributed by atoms with E-state index in [-0.39, 0.29) is 59.1 Å². The lowest BCUT2D eigenvalue weighted by Gasteiger charge is -2.11. The summed E-state index contributed by atoms with van der Waals surface area (Å²) in [5, 5.41) is 12.9. The molecule has 0 spiro atoms. The molecule has 0 aliphatic heterocycles. The second-order valence-corrected chi connectivity index (χ2v) is 7.48. The number of anilines is 1. The molecule has 0 aliphatic rings. The summed E-state index contributed by atoms with van der Waals surface area (Å²) in [5.41, 5.74) is 7.19. The number of aromatic nitrogens is 1. The Balaban J connectivity index is 1.82. The van der Waals surface area contributed by atoms with E-state index < -0.39 is 23.5 Å². The summed E-state index contributed by atoms with van der Waals surface area (Å²) >= 11 is 0. The molecule has 0 saturated heterocycles. The van der Waals surface area contributed by atoms with E-state index in [1.807, 2.05) is 0 Å². The second kappa shape index (κ2) is 10.6. The van der Waals surface area contributed by atoms with E-state index >= 15 is 0 Å². The number of rotatable bonds is 8. The summed E-state index contributed by atoms with van der Waals surface area (Å²) < 4.78 is 19.1. The first kappa shape index (κ1) is 24.4. The maximum atomic E-state index is 14.3. The molecule has 3 aromatic rings. The molecule has 0 bridgehead atoms. The van der Waals surface area contributed by atoms with Gasteiger partial charge in [0.05, 0.1) is 29.8 Å².